The molecule has 1 aliphatic heterocycles. The Kier molecular flexibility index (Phi) is 7.97. The SMILES string of the molecule is Cc1cc(OCCCC(=O)NCc2ccc(S(=O)(=O)N3CCCC3)cc2)cc(C)c1Cl. The molecule has 6 nitrogen and oxygen atoms in total. The van der Waals surface area contributed by atoms with Gasteiger partial charge in [0, 0.05) is 31.1 Å². The Morgan fingerprint density at radius 1 is 1.10 bits per heavy atom. The number of hydrogen-bond acceptors (Lipinski definition) is 4. The lowest BCUT2D eigenvalue weighted by molar-refractivity contribution is -0.121. The Labute approximate surface area is 189 Å². The first-order valence-electron chi connectivity index (χ1n) is 10.5. The molecule has 1 aliphatic rings. The molecule has 8 heteroatoms. The van der Waals surface area contributed by atoms with Crippen LogP contribution in [0.3, 0.4) is 0 Å². The maximum absolute atomic E-state index is 12.6. The number of hydrogen-bond donors (Lipinski definition) is 1. The largest absolute Gasteiger partial charge is 0.494 e. The number of ether oxygens (including phenoxy) is 1. The summed E-state index contributed by atoms with van der Waals surface area (Å²) in [6.07, 6.45) is 2.77. The highest BCUT2D eigenvalue weighted by Gasteiger charge is 2.26. The molecule has 3 rings (SSSR count). The van der Waals surface area contributed by atoms with Gasteiger partial charge in [-0.05, 0) is 74.1 Å². The Morgan fingerprint density at radius 2 is 1.71 bits per heavy atom. The van der Waals surface area contributed by atoms with Gasteiger partial charge < -0.3 is 10.1 Å². The molecule has 0 bridgehead atoms. The van der Waals surface area contributed by atoms with Crippen LogP contribution in [0.1, 0.15) is 42.4 Å². The minimum absolute atomic E-state index is 0.0687. The number of benzene rings is 2. The summed E-state index contributed by atoms with van der Waals surface area (Å²) in [4.78, 5) is 12.4. The lowest BCUT2D eigenvalue weighted by Crippen LogP contribution is -2.28. The van der Waals surface area contributed by atoms with Crippen molar-refractivity contribution in [2.75, 3.05) is 19.7 Å². The summed E-state index contributed by atoms with van der Waals surface area (Å²) < 4.78 is 32.4. The van der Waals surface area contributed by atoms with E-state index in [9.17, 15) is 13.2 Å². The fraction of sp³-hybridized carbons (Fsp3) is 0.435. The standard InChI is InChI=1S/C23H29ClN2O4S/c1-17-14-20(15-18(2)23(17)24)30-13-5-6-22(27)25-16-19-7-9-21(10-8-19)31(28,29)26-11-3-4-12-26/h7-10,14-15H,3-6,11-13,16H2,1-2H3,(H,25,27). The van der Waals surface area contributed by atoms with E-state index < -0.39 is 10.0 Å². The number of halogens is 1. The summed E-state index contributed by atoms with van der Waals surface area (Å²) in [6, 6.07) is 10.5. The van der Waals surface area contributed by atoms with E-state index in [2.05, 4.69) is 5.32 Å². The highest BCUT2D eigenvalue weighted by atomic mass is 35.5. The molecule has 168 valence electrons. The van der Waals surface area contributed by atoms with Crippen molar-refractivity contribution < 1.29 is 17.9 Å². The van der Waals surface area contributed by atoms with Crippen LogP contribution in [-0.2, 0) is 21.4 Å². The summed E-state index contributed by atoms with van der Waals surface area (Å²) in [6.45, 7) is 5.84. The van der Waals surface area contributed by atoms with E-state index in [4.69, 9.17) is 16.3 Å². The third kappa shape index (κ3) is 6.21. The van der Waals surface area contributed by atoms with Crippen molar-refractivity contribution in [3.05, 3.63) is 58.1 Å². The number of nitrogens with one attached hydrogen (secondary N) is 1. The van der Waals surface area contributed by atoms with Gasteiger partial charge in [0.05, 0.1) is 11.5 Å². The fourth-order valence-electron chi connectivity index (χ4n) is 3.56. The highest BCUT2D eigenvalue weighted by molar-refractivity contribution is 7.89. The van der Waals surface area contributed by atoms with E-state index >= 15 is 0 Å². The zero-order valence-electron chi connectivity index (χ0n) is 18.0. The zero-order valence-corrected chi connectivity index (χ0v) is 19.6. The first-order chi connectivity index (χ1) is 14.8. The van der Waals surface area contributed by atoms with Gasteiger partial charge in [-0.25, -0.2) is 8.42 Å². The van der Waals surface area contributed by atoms with Gasteiger partial charge in [0.2, 0.25) is 15.9 Å². The normalized spacial score (nSPS) is 14.5. The van der Waals surface area contributed by atoms with Crippen molar-refractivity contribution in [3.63, 3.8) is 0 Å². The van der Waals surface area contributed by atoms with Gasteiger partial charge in [-0.1, -0.05) is 23.7 Å². The van der Waals surface area contributed by atoms with Crippen molar-refractivity contribution >= 4 is 27.5 Å². The molecule has 0 radical (unpaired) electrons. The first-order valence-corrected chi connectivity index (χ1v) is 12.3. The summed E-state index contributed by atoms with van der Waals surface area (Å²) in [5, 5.41) is 3.61. The van der Waals surface area contributed by atoms with Crippen LogP contribution in [0.15, 0.2) is 41.3 Å². The molecule has 0 spiro atoms. The summed E-state index contributed by atoms with van der Waals surface area (Å²) in [5.41, 5.74) is 2.79. The van der Waals surface area contributed by atoms with Gasteiger partial charge in [-0.3, -0.25) is 4.79 Å². The van der Waals surface area contributed by atoms with Crippen LogP contribution >= 0.6 is 11.6 Å². The third-order valence-corrected chi connectivity index (χ3v) is 7.85. The topological polar surface area (TPSA) is 75.7 Å². The maximum Gasteiger partial charge on any atom is 0.243 e. The van der Waals surface area contributed by atoms with Crippen LogP contribution in [0.2, 0.25) is 5.02 Å². The average Bonchev–Trinajstić information content (AvgIpc) is 3.30. The lowest BCUT2D eigenvalue weighted by atomic mass is 10.1. The Balaban J connectivity index is 1.40. The highest BCUT2D eigenvalue weighted by Crippen LogP contribution is 2.26. The van der Waals surface area contributed by atoms with Crippen LogP contribution in [0, 0.1) is 13.8 Å². The molecule has 1 saturated heterocycles. The van der Waals surface area contributed by atoms with Crippen molar-refractivity contribution in [1.82, 2.24) is 9.62 Å². The van der Waals surface area contributed by atoms with E-state index in [1.165, 1.54) is 4.31 Å². The molecule has 31 heavy (non-hydrogen) atoms. The number of amides is 1. The molecule has 1 fully saturated rings. The number of sulfonamides is 1. The first kappa shape index (κ1) is 23.6. The lowest BCUT2D eigenvalue weighted by Gasteiger charge is -2.15. The summed E-state index contributed by atoms with van der Waals surface area (Å²) in [7, 11) is -3.41. The second-order valence-corrected chi connectivity index (χ2v) is 10.2. The minimum atomic E-state index is -3.41. The number of carbonyl (C=O) groups excluding carboxylic acids is 1. The van der Waals surface area contributed by atoms with Crippen molar-refractivity contribution in [1.29, 1.82) is 0 Å². The fourth-order valence-corrected chi connectivity index (χ4v) is 5.18. The van der Waals surface area contributed by atoms with Crippen molar-refractivity contribution in [3.8, 4) is 5.75 Å². The smallest absolute Gasteiger partial charge is 0.243 e. The number of nitrogens with zero attached hydrogens (tertiary/aromatic N) is 1. The summed E-state index contributed by atoms with van der Waals surface area (Å²) in [5.74, 6) is 0.685. The second kappa shape index (κ2) is 10.5. The molecule has 1 N–H and O–H groups in total. The monoisotopic (exact) mass is 464 g/mol. The molecule has 0 aliphatic carbocycles. The molecule has 1 heterocycles. The third-order valence-electron chi connectivity index (χ3n) is 5.34. The van der Waals surface area contributed by atoms with Crippen LogP contribution in [0.4, 0.5) is 0 Å². The van der Waals surface area contributed by atoms with Gasteiger partial charge in [-0.2, -0.15) is 4.31 Å². The predicted molar refractivity (Wildman–Crippen MR) is 122 cm³/mol. The van der Waals surface area contributed by atoms with E-state index in [-0.39, 0.29) is 5.91 Å². The van der Waals surface area contributed by atoms with Crippen LogP contribution in [0.25, 0.3) is 0 Å². The van der Waals surface area contributed by atoms with Gasteiger partial charge in [-0.15, -0.1) is 0 Å². The number of carbonyl (C=O) groups is 1. The average molecular weight is 465 g/mol. The van der Waals surface area contributed by atoms with Crippen LogP contribution in [-0.4, -0.2) is 38.3 Å². The minimum Gasteiger partial charge on any atom is -0.494 e. The number of rotatable bonds is 9. The Bertz CT molecular complexity index is 993. The molecule has 0 aromatic heterocycles. The molecular weight excluding hydrogens is 436 g/mol. The van der Waals surface area contributed by atoms with Gasteiger partial charge in [0.25, 0.3) is 0 Å². The summed E-state index contributed by atoms with van der Waals surface area (Å²) >= 11 is 6.16. The van der Waals surface area contributed by atoms with Crippen molar-refractivity contribution in [2.45, 2.75) is 51.0 Å². The molecule has 0 unspecified atom stereocenters. The zero-order chi connectivity index (χ0) is 22.4. The van der Waals surface area contributed by atoms with E-state index in [0.29, 0.717) is 44.0 Å². The van der Waals surface area contributed by atoms with Gasteiger partial charge in [0.1, 0.15) is 5.75 Å². The van der Waals surface area contributed by atoms with Crippen molar-refractivity contribution in [2.24, 2.45) is 0 Å². The predicted octanol–water partition coefficient (Wildman–Crippen LogP) is 4.22. The molecule has 0 atom stereocenters. The second-order valence-electron chi connectivity index (χ2n) is 7.85. The molecule has 2 aromatic rings. The molecular formula is C23H29ClN2O4S. The van der Waals surface area contributed by atoms with Gasteiger partial charge >= 0.3 is 0 Å². The van der Waals surface area contributed by atoms with Crippen LogP contribution < -0.4 is 10.1 Å². The van der Waals surface area contributed by atoms with E-state index in [1.54, 1.807) is 24.3 Å². The van der Waals surface area contributed by atoms with Crippen LogP contribution in [0.5, 0.6) is 5.75 Å². The molecule has 1 amide bonds. The van der Waals surface area contributed by atoms with Gasteiger partial charge in [0.15, 0.2) is 0 Å². The number of aryl methyl sites for hydroxylation is 2. The molecule has 0 saturated carbocycles. The quantitative estimate of drug-likeness (QED) is 0.564. The maximum atomic E-state index is 12.6. The Hall–Kier alpha value is -2.09. The van der Waals surface area contributed by atoms with E-state index in [0.717, 1.165) is 40.3 Å². The van der Waals surface area contributed by atoms with E-state index in [1.807, 2.05) is 26.0 Å². The molecule has 2 aromatic carbocycles. The Morgan fingerprint density at radius 3 is 2.32 bits per heavy atom.